The summed E-state index contributed by atoms with van der Waals surface area (Å²) < 4.78 is 33.3. The maximum absolute atomic E-state index is 12.2. The van der Waals surface area contributed by atoms with E-state index in [1.54, 1.807) is 0 Å². The molecule has 7 nitrogen and oxygen atoms in total. The number of carbonyl (C=O) groups is 3. The van der Waals surface area contributed by atoms with E-state index in [-0.39, 0.29) is 5.75 Å². The van der Waals surface area contributed by atoms with Crippen LogP contribution >= 0.6 is 0 Å². The van der Waals surface area contributed by atoms with Crippen LogP contribution in [-0.4, -0.2) is 48.5 Å². The van der Waals surface area contributed by atoms with Crippen molar-refractivity contribution >= 4 is 23.9 Å². The first-order valence-corrected chi connectivity index (χ1v) is 8.35. The highest BCUT2D eigenvalue weighted by Gasteiger charge is 2.30. The number of nitrogens with zero attached hydrogens (tertiary/aromatic N) is 1. The number of halogens is 2. The molecular formula is C18H20F2N2O5. The Morgan fingerprint density at radius 3 is 2.56 bits per heavy atom. The van der Waals surface area contributed by atoms with Crippen molar-refractivity contribution in [2.24, 2.45) is 5.73 Å². The van der Waals surface area contributed by atoms with E-state index in [0.717, 1.165) is 18.9 Å². The molecule has 1 fully saturated rings. The van der Waals surface area contributed by atoms with E-state index in [4.69, 9.17) is 10.5 Å². The zero-order valence-electron chi connectivity index (χ0n) is 14.5. The summed E-state index contributed by atoms with van der Waals surface area (Å²) >= 11 is 0. The van der Waals surface area contributed by atoms with Gasteiger partial charge in [0.1, 0.15) is 11.8 Å². The van der Waals surface area contributed by atoms with Crippen molar-refractivity contribution in [1.82, 2.24) is 4.90 Å². The molecule has 1 aromatic carbocycles. The van der Waals surface area contributed by atoms with E-state index in [1.807, 2.05) is 0 Å². The van der Waals surface area contributed by atoms with Gasteiger partial charge in [-0.1, -0.05) is 12.1 Å². The fourth-order valence-electron chi connectivity index (χ4n) is 2.71. The molecule has 27 heavy (non-hydrogen) atoms. The van der Waals surface area contributed by atoms with Gasteiger partial charge in [0.05, 0.1) is 0 Å². The third-order valence-electron chi connectivity index (χ3n) is 4.01. The first-order chi connectivity index (χ1) is 12.9. The summed E-state index contributed by atoms with van der Waals surface area (Å²) in [6, 6.07) is 4.96. The number of amides is 2. The predicted molar refractivity (Wildman–Crippen MR) is 91.6 cm³/mol. The fourth-order valence-corrected chi connectivity index (χ4v) is 2.71. The van der Waals surface area contributed by atoms with Crippen LogP contribution in [-0.2, 0) is 19.1 Å². The highest BCUT2D eigenvalue weighted by Crippen LogP contribution is 2.17. The monoisotopic (exact) mass is 382 g/mol. The number of rotatable bonds is 7. The maximum atomic E-state index is 12.2. The van der Waals surface area contributed by atoms with Crippen LogP contribution in [0.15, 0.2) is 30.3 Å². The Balaban J connectivity index is 1.83. The number of benzene rings is 1. The molecule has 0 radical (unpaired) electrons. The highest BCUT2D eigenvalue weighted by atomic mass is 19.3. The number of ether oxygens (including phenoxy) is 2. The number of piperidine rings is 1. The first-order valence-electron chi connectivity index (χ1n) is 8.35. The molecule has 1 saturated heterocycles. The zero-order valence-corrected chi connectivity index (χ0v) is 14.5. The Morgan fingerprint density at radius 1 is 1.22 bits per heavy atom. The Bertz CT molecular complexity index is 706. The van der Waals surface area contributed by atoms with Crippen molar-refractivity contribution in [3.63, 3.8) is 0 Å². The van der Waals surface area contributed by atoms with Crippen molar-refractivity contribution in [2.45, 2.75) is 31.9 Å². The lowest BCUT2D eigenvalue weighted by Crippen LogP contribution is -2.51. The van der Waals surface area contributed by atoms with Crippen LogP contribution in [0.4, 0.5) is 8.78 Å². The largest absolute Gasteiger partial charge is 0.452 e. The van der Waals surface area contributed by atoms with E-state index < -0.39 is 37.0 Å². The molecular weight excluding hydrogens is 362 g/mol. The molecule has 146 valence electrons. The lowest BCUT2D eigenvalue weighted by molar-refractivity contribution is -0.151. The Hall–Kier alpha value is -2.97. The van der Waals surface area contributed by atoms with Crippen molar-refractivity contribution in [3.05, 3.63) is 35.9 Å². The second-order valence-electron chi connectivity index (χ2n) is 5.89. The van der Waals surface area contributed by atoms with Gasteiger partial charge in [0, 0.05) is 12.6 Å². The van der Waals surface area contributed by atoms with Crippen molar-refractivity contribution in [2.75, 3.05) is 13.2 Å². The van der Waals surface area contributed by atoms with Crippen molar-refractivity contribution < 1.29 is 32.6 Å². The number of hydrogen-bond donors (Lipinski definition) is 1. The lowest BCUT2D eigenvalue weighted by Gasteiger charge is -2.33. The van der Waals surface area contributed by atoms with E-state index in [9.17, 15) is 23.2 Å². The minimum Gasteiger partial charge on any atom is -0.452 e. The molecule has 1 atom stereocenters. The third-order valence-corrected chi connectivity index (χ3v) is 4.01. The first kappa shape index (κ1) is 20.3. The van der Waals surface area contributed by atoms with Gasteiger partial charge in [0.2, 0.25) is 5.91 Å². The minimum absolute atomic E-state index is 0.000796. The van der Waals surface area contributed by atoms with Crippen LogP contribution < -0.4 is 10.5 Å². The lowest BCUT2D eigenvalue weighted by atomic mass is 10.0. The van der Waals surface area contributed by atoms with Gasteiger partial charge in [-0.3, -0.25) is 9.59 Å². The molecule has 0 bridgehead atoms. The molecule has 0 unspecified atom stereocenters. The molecule has 0 aromatic heterocycles. The van der Waals surface area contributed by atoms with Gasteiger partial charge in [-0.15, -0.1) is 0 Å². The second-order valence-corrected chi connectivity index (χ2v) is 5.89. The number of hydrogen-bond acceptors (Lipinski definition) is 5. The van der Waals surface area contributed by atoms with Gasteiger partial charge < -0.3 is 20.1 Å². The summed E-state index contributed by atoms with van der Waals surface area (Å²) in [7, 11) is 0. The van der Waals surface area contributed by atoms with Crippen LogP contribution in [0.25, 0.3) is 6.08 Å². The molecule has 9 heteroatoms. The summed E-state index contributed by atoms with van der Waals surface area (Å²) in [4.78, 5) is 36.6. The van der Waals surface area contributed by atoms with Crippen molar-refractivity contribution in [3.8, 4) is 5.75 Å². The summed E-state index contributed by atoms with van der Waals surface area (Å²) in [6.45, 7) is -3.01. The Labute approximate surface area is 154 Å². The number of nitrogens with two attached hydrogens (primary N) is 1. The van der Waals surface area contributed by atoms with Crippen LogP contribution in [0, 0.1) is 0 Å². The Kier molecular flexibility index (Phi) is 7.27. The molecule has 1 aromatic rings. The summed E-state index contributed by atoms with van der Waals surface area (Å²) in [5.74, 6) is -1.80. The summed E-state index contributed by atoms with van der Waals surface area (Å²) in [5.41, 5.74) is 5.86. The Morgan fingerprint density at radius 2 is 1.93 bits per heavy atom. The molecule has 0 spiro atoms. The molecule has 2 N–H and O–H groups in total. The van der Waals surface area contributed by atoms with Gasteiger partial charge in [-0.05, 0) is 43.0 Å². The van der Waals surface area contributed by atoms with Gasteiger partial charge in [0.15, 0.2) is 6.61 Å². The number of esters is 1. The van der Waals surface area contributed by atoms with E-state index in [2.05, 4.69) is 4.74 Å². The van der Waals surface area contributed by atoms with E-state index in [1.165, 1.54) is 35.2 Å². The molecule has 1 aliphatic heterocycles. The normalized spacial score (nSPS) is 17.1. The van der Waals surface area contributed by atoms with Gasteiger partial charge in [-0.25, -0.2) is 4.79 Å². The van der Waals surface area contributed by atoms with Gasteiger partial charge >= 0.3 is 12.6 Å². The SMILES string of the molecule is NC(=O)[C@@H]1CCCCN1C(=O)COC(=O)/C=C/c1ccc(OC(F)F)cc1. The van der Waals surface area contributed by atoms with Gasteiger partial charge in [-0.2, -0.15) is 8.78 Å². The summed E-state index contributed by atoms with van der Waals surface area (Å²) in [5, 5.41) is 0. The predicted octanol–water partition coefficient (Wildman–Crippen LogP) is 1.71. The third kappa shape index (κ3) is 6.36. The zero-order chi connectivity index (χ0) is 19.8. The fraction of sp³-hybridized carbons (Fsp3) is 0.389. The quantitative estimate of drug-likeness (QED) is 0.572. The standard InChI is InChI=1S/C18H20F2N2O5/c19-18(20)27-13-7-4-12(5-8-13)6-9-16(24)26-11-15(23)22-10-2-1-3-14(22)17(21)25/h4-9,14,18H,1-3,10-11H2,(H2,21,25)/b9-6+/t14-/m0/s1. The minimum atomic E-state index is -2.91. The molecule has 1 heterocycles. The number of primary amides is 1. The molecule has 1 aliphatic rings. The number of carbonyl (C=O) groups excluding carboxylic acids is 3. The molecule has 2 rings (SSSR count). The van der Waals surface area contributed by atoms with Crippen LogP contribution in [0.1, 0.15) is 24.8 Å². The van der Waals surface area contributed by atoms with E-state index in [0.29, 0.717) is 18.5 Å². The van der Waals surface area contributed by atoms with Crippen LogP contribution in [0.3, 0.4) is 0 Å². The van der Waals surface area contributed by atoms with E-state index >= 15 is 0 Å². The van der Waals surface area contributed by atoms with Crippen molar-refractivity contribution in [1.29, 1.82) is 0 Å². The topological polar surface area (TPSA) is 98.9 Å². The molecule has 0 aliphatic carbocycles. The summed E-state index contributed by atoms with van der Waals surface area (Å²) in [6.07, 6.45) is 4.58. The number of likely N-dealkylation sites (tertiary alicyclic amines) is 1. The smallest absolute Gasteiger partial charge is 0.387 e. The molecule has 0 saturated carbocycles. The average Bonchev–Trinajstić information content (AvgIpc) is 2.65. The number of alkyl halides is 2. The maximum Gasteiger partial charge on any atom is 0.387 e. The second kappa shape index (κ2) is 9.65. The molecule has 2 amide bonds. The van der Waals surface area contributed by atoms with Crippen LogP contribution in [0.2, 0.25) is 0 Å². The highest BCUT2D eigenvalue weighted by molar-refractivity contribution is 5.91. The van der Waals surface area contributed by atoms with Crippen LogP contribution in [0.5, 0.6) is 5.75 Å². The van der Waals surface area contributed by atoms with Gasteiger partial charge in [0.25, 0.3) is 5.91 Å². The average molecular weight is 382 g/mol.